The fourth-order valence-electron chi connectivity index (χ4n) is 2.81. The molecule has 1 atom stereocenters. The summed E-state index contributed by atoms with van der Waals surface area (Å²) in [7, 11) is 1.94. The summed E-state index contributed by atoms with van der Waals surface area (Å²) < 4.78 is 11.2. The van der Waals surface area contributed by atoms with Crippen molar-refractivity contribution in [2.75, 3.05) is 33.4 Å². The first-order valence-electron chi connectivity index (χ1n) is 7.14. The Balaban J connectivity index is 1.83. The first kappa shape index (κ1) is 13.2. The number of amides is 1. The van der Waals surface area contributed by atoms with Crippen molar-refractivity contribution in [1.82, 2.24) is 10.2 Å². The van der Waals surface area contributed by atoms with Crippen molar-refractivity contribution in [1.29, 1.82) is 0 Å². The molecule has 0 spiro atoms. The van der Waals surface area contributed by atoms with Gasteiger partial charge in [-0.25, -0.2) is 0 Å². The van der Waals surface area contributed by atoms with E-state index >= 15 is 0 Å². The number of likely N-dealkylation sites (N-methyl/N-ethyl adjacent to an activating group) is 1. The van der Waals surface area contributed by atoms with Gasteiger partial charge in [0, 0.05) is 19.1 Å². The van der Waals surface area contributed by atoms with Gasteiger partial charge in [0.05, 0.1) is 5.56 Å². The van der Waals surface area contributed by atoms with Gasteiger partial charge in [-0.1, -0.05) is 6.07 Å². The predicted molar refractivity (Wildman–Crippen MR) is 75.4 cm³/mol. The molecule has 2 aliphatic rings. The molecule has 0 bridgehead atoms. The zero-order valence-corrected chi connectivity index (χ0v) is 11.7. The summed E-state index contributed by atoms with van der Waals surface area (Å²) in [4.78, 5) is 14.6. The van der Waals surface area contributed by atoms with Gasteiger partial charge in [-0.15, -0.1) is 0 Å². The molecule has 1 saturated heterocycles. The van der Waals surface area contributed by atoms with Gasteiger partial charge in [0.15, 0.2) is 11.5 Å². The SMILES string of the molecule is CN[C@@H]1CCCN(C(=O)c2cccc3c2OCCO3)C1. The number of benzene rings is 1. The number of fused-ring (bicyclic) bond motifs is 1. The first-order valence-corrected chi connectivity index (χ1v) is 7.14. The Morgan fingerprint density at radius 1 is 1.35 bits per heavy atom. The summed E-state index contributed by atoms with van der Waals surface area (Å²) in [6, 6.07) is 5.89. The summed E-state index contributed by atoms with van der Waals surface area (Å²) in [6.07, 6.45) is 2.15. The zero-order valence-electron chi connectivity index (χ0n) is 11.7. The number of carbonyl (C=O) groups excluding carboxylic acids is 1. The molecule has 20 heavy (non-hydrogen) atoms. The highest BCUT2D eigenvalue weighted by Gasteiger charge is 2.27. The van der Waals surface area contributed by atoms with Crippen molar-refractivity contribution in [2.24, 2.45) is 0 Å². The van der Waals surface area contributed by atoms with E-state index in [1.54, 1.807) is 0 Å². The Morgan fingerprint density at radius 3 is 3.05 bits per heavy atom. The number of ether oxygens (including phenoxy) is 2. The maximum atomic E-state index is 12.7. The molecule has 1 amide bonds. The summed E-state index contributed by atoms with van der Waals surface area (Å²) in [5, 5.41) is 3.25. The molecule has 0 aliphatic carbocycles. The molecule has 0 aromatic heterocycles. The van der Waals surface area contributed by atoms with Crippen molar-refractivity contribution < 1.29 is 14.3 Å². The van der Waals surface area contributed by atoms with Crippen LogP contribution in [0.15, 0.2) is 18.2 Å². The molecular weight excluding hydrogens is 256 g/mol. The standard InChI is InChI=1S/C15H20N2O3/c1-16-11-4-3-7-17(10-11)15(18)12-5-2-6-13-14(12)20-9-8-19-13/h2,5-6,11,16H,3-4,7-10H2,1H3/t11-/m1/s1. The van der Waals surface area contributed by atoms with Crippen LogP contribution >= 0.6 is 0 Å². The van der Waals surface area contributed by atoms with Crippen molar-refractivity contribution in [3.05, 3.63) is 23.8 Å². The molecule has 5 nitrogen and oxygen atoms in total. The number of likely N-dealkylation sites (tertiary alicyclic amines) is 1. The second-order valence-electron chi connectivity index (χ2n) is 5.21. The number of piperidine rings is 1. The molecule has 5 heteroatoms. The van der Waals surface area contributed by atoms with Gasteiger partial charge in [-0.05, 0) is 32.0 Å². The van der Waals surface area contributed by atoms with E-state index in [0.29, 0.717) is 36.3 Å². The molecule has 1 aromatic carbocycles. The average Bonchev–Trinajstić information content (AvgIpc) is 2.53. The normalized spacial score (nSPS) is 21.6. The summed E-state index contributed by atoms with van der Waals surface area (Å²) >= 11 is 0. The molecule has 0 radical (unpaired) electrons. The Kier molecular flexibility index (Phi) is 3.78. The monoisotopic (exact) mass is 276 g/mol. The number of nitrogens with zero attached hydrogens (tertiary/aromatic N) is 1. The number of nitrogens with one attached hydrogen (secondary N) is 1. The smallest absolute Gasteiger partial charge is 0.257 e. The lowest BCUT2D eigenvalue weighted by Crippen LogP contribution is -2.47. The minimum Gasteiger partial charge on any atom is -0.486 e. The predicted octanol–water partition coefficient (Wildman–Crippen LogP) is 1.28. The molecule has 0 saturated carbocycles. The van der Waals surface area contributed by atoms with Gasteiger partial charge in [-0.3, -0.25) is 4.79 Å². The third-order valence-electron chi connectivity index (χ3n) is 3.91. The highest BCUT2D eigenvalue weighted by atomic mass is 16.6. The van der Waals surface area contributed by atoms with Crippen LogP contribution in [-0.4, -0.2) is 50.2 Å². The number of hydrogen-bond acceptors (Lipinski definition) is 4. The highest BCUT2D eigenvalue weighted by Crippen LogP contribution is 2.34. The Morgan fingerprint density at radius 2 is 2.20 bits per heavy atom. The second kappa shape index (κ2) is 5.71. The minimum atomic E-state index is 0.0345. The van der Waals surface area contributed by atoms with Crippen LogP contribution in [0, 0.1) is 0 Å². The van der Waals surface area contributed by atoms with Gasteiger partial charge in [0.1, 0.15) is 13.2 Å². The largest absolute Gasteiger partial charge is 0.486 e. The first-order chi connectivity index (χ1) is 9.79. The van der Waals surface area contributed by atoms with Crippen LogP contribution < -0.4 is 14.8 Å². The van der Waals surface area contributed by atoms with Crippen LogP contribution in [0.5, 0.6) is 11.5 Å². The number of hydrogen-bond donors (Lipinski definition) is 1. The molecule has 3 rings (SSSR count). The Labute approximate surface area is 118 Å². The Bertz CT molecular complexity index is 504. The topological polar surface area (TPSA) is 50.8 Å². The summed E-state index contributed by atoms with van der Waals surface area (Å²) in [5.41, 5.74) is 0.610. The Hall–Kier alpha value is -1.75. The van der Waals surface area contributed by atoms with Crippen molar-refractivity contribution in [3.8, 4) is 11.5 Å². The van der Waals surface area contributed by atoms with E-state index in [9.17, 15) is 4.79 Å². The van der Waals surface area contributed by atoms with Crippen LogP contribution in [0.4, 0.5) is 0 Å². The third kappa shape index (κ3) is 2.45. The minimum absolute atomic E-state index is 0.0345. The molecular formula is C15H20N2O3. The third-order valence-corrected chi connectivity index (χ3v) is 3.91. The van der Waals surface area contributed by atoms with Gasteiger partial charge < -0.3 is 19.7 Å². The van der Waals surface area contributed by atoms with E-state index in [1.165, 1.54) is 0 Å². The van der Waals surface area contributed by atoms with Gasteiger partial charge in [0.2, 0.25) is 0 Å². The molecule has 2 heterocycles. The molecule has 1 fully saturated rings. The van der Waals surface area contributed by atoms with Crippen LogP contribution in [0.1, 0.15) is 23.2 Å². The summed E-state index contributed by atoms with van der Waals surface area (Å²) in [5.74, 6) is 1.30. The van der Waals surface area contributed by atoms with E-state index < -0.39 is 0 Å². The quantitative estimate of drug-likeness (QED) is 0.884. The van der Waals surface area contributed by atoms with E-state index in [2.05, 4.69) is 5.32 Å². The average molecular weight is 276 g/mol. The van der Waals surface area contributed by atoms with E-state index in [0.717, 1.165) is 25.9 Å². The lowest BCUT2D eigenvalue weighted by atomic mass is 10.0. The molecule has 1 aromatic rings. The summed E-state index contributed by atoms with van der Waals surface area (Å²) in [6.45, 7) is 2.59. The van der Waals surface area contributed by atoms with Crippen molar-refractivity contribution in [2.45, 2.75) is 18.9 Å². The van der Waals surface area contributed by atoms with Crippen molar-refractivity contribution >= 4 is 5.91 Å². The van der Waals surface area contributed by atoms with Crippen LogP contribution in [-0.2, 0) is 0 Å². The fourth-order valence-corrected chi connectivity index (χ4v) is 2.81. The lowest BCUT2D eigenvalue weighted by Gasteiger charge is -2.33. The van der Waals surface area contributed by atoms with E-state index in [1.807, 2.05) is 30.1 Å². The highest BCUT2D eigenvalue weighted by molar-refractivity contribution is 5.98. The number of rotatable bonds is 2. The molecule has 108 valence electrons. The maximum Gasteiger partial charge on any atom is 0.257 e. The van der Waals surface area contributed by atoms with E-state index in [-0.39, 0.29) is 5.91 Å². The molecule has 0 unspecified atom stereocenters. The van der Waals surface area contributed by atoms with Gasteiger partial charge in [-0.2, -0.15) is 0 Å². The second-order valence-corrected chi connectivity index (χ2v) is 5.21. The van der Waals surface area contributed by atoms with Crippen LogP contribution in [0.2, 0.25) is 0 Å². The maximum absolute atomic E-state index is 12.7. The zero-order chi connectivity index (χ0) is 13.9. The lowest BCUT2D eigenvalue weighted by molar-refractivity contribution is 0.0688. The number of carbonyl (C=O) groups is 1. The number of para-hydroxylation sites is 1. The van der Waals surface area contributed by atoms with Crippen LogP contribution in [0.3, 0.4) is 0 Å². The fraction of sp³-hybridized carbons (Fsp3) is 0.533. The van der Waals surface area contributed by atoms with Gasteiger partial charge >= 0.3 is 0 Å². The molecule has 1 N–H and O–H groups in total. The van der Waals surface area contributed by atoms with Gasteiger partial charge in [0.25, 0.3) is 5.91 Å². The molecule has 2 aliphatic heterocycles. The van der Waals surface area contributed by atoms with Crippen molar-refractivity contribution in [3.63, 3.8) is 0 Å². The van der Waals surface area contributed by atoms with Crippen LogP contribution in [0.25, 0.3) is 0 Å². The van der Waals surface area contributed by atoms with E-state index in [4.69, 9.17) is 9.47 Å².